The van der Waals surface area contributed by atoms with Crippen molar-refractivity contribution in [1.29, 1.82) is 0 Å². The average molecular weight is 401 g/mol. The number of anilines is 2. The van der Waals surface area contributed by atoms with E-state index in [1.807, 2.05) is 17.9 Å². The lowest BCUT2D eigenvalue weighted by molar-refractivity contribution is -0.137. The minimum Gasteiger partial charge on any atom is -0.355 e. The number of piperidine rings is 1. The number of rotatable bonds is 4. The Kier molecular flexibility index (Phi) is 6.16. The molecule has 0 radical (unpaired) electrons. The van der Waals surface area contributed by atoms with E-state index in [4.69, 9.17) is 4.98 Å². The van der Waals surface area contributed by atoms with Crippen LogP contribution in [-0.4, -0.2) is 65.4 Å². The first kappa shape index (κ1) is 19.9. The molecule has 2 amide bonds. The molecule has 29 heavy (non-hydrogen) atoms. The summed E-state index contributed by atoms with van der Waals surface area (Å²) in [6, 6.07) is 2.50. The van der Waals surface area contributed by atoms with Gasteiger partial charge < -0.3 is 20.4 Å². The zero-order chi connectivity index (χ0) is 20.2. The summed E-state index contributed by atoms with van der Waals surface area (Å²) in [5.41, 5.74) is 0.963. The molecule has 8 nitrogen and oxygen atoms in total. The third kappa shape index (κ3) is 4.97. The molecule has 1 unspecified atom stereocenters. The number of hydrogen-bond donors (Lipinski definition) is 2. The van der Waals surface area contributed by atoms with Crippen molar-refractivity contribution in [3.05, 3.63) is 11.8 Å². The molecule has 158 valence electrons. The summed E-state index contributed by atoms with van der Waals surface area (Å²) in [4.78, 5) is 37.6. The lowest BCUT2D eigenvalue weighted by Crippen LogP contribution is -2.52. The Bertz CT molecular complexity index is 731. The molecule has 1 aliphatic carbocycles. The fourth-order valence-corrected chi connectivity index (χ4v) is 4.57. The highest BCUT2D eigenvalue weighted by molar-refractivity contribution is 5.84. The zero-order valence-corrected chi connectivity index (χ0v) is 17.3. The van der Waals surface area contributed by atoms with E-state index in [1.54, 1.807) is 0 Å². The smallest absolute Gasteiger partial charge is 0.227 e. The van der Waals surface area contributed by atoms with Crippen molar-refractivity contribution in [3.8, 4) is 0 Å². The van der Waals surface area contributed by atoms with E-state index in [9.17, 15) is 9.59 Å². The van der Waals surface area contributed by atoms with Crippen molar-refractivity contribution in [2.75, 3.05) is 42.9 Å². The van der Waals surface area contributed by atoms with Crippen molar-refractivity contribution < 1.29 is 9.59 Å². The van der Waals surface area contributed by atoms with Gasteiger partial charge in [0.25, 0.3) is 0 Å². The minimum absolute atomic E-state index is 0.0515. The molecule has 3 fully saturated rings. The van der Waals surface area contributed by atoms with Gasteiger partial charge in [-0.05, 0) is 26.2 Å². The van der Waals surface area contributed by atoms with Crippen molar-refractivity contribution in [3.63, 3.8) is 0 Å². The SMILES string of the molecule is Cc1cc(N2CCN(C(=O)C3CCC(=O)NC3)CC2)nc(NC2CCCCC2)n1. The molecule has 0 spiro atoms. The molecule has 8 heteroatoms. The zero-order valence-electron chi connectivity index (χ0n) is 17.3. The van der Waals surface area contributed by atoms with Gasteiger partial charge in [0.2, 0.25) is 17.8 Å². The summed E-state index contributed by atoms with van der Waals surface area (Å²) >= 11 is 0. The van der Waals surface area contributed by atoms with Crippen LogP contribution < -0.4 is 15.5 Å². The highest BCUT2D eigenvalue weighted by Gasteiger charge is 2.30. The highest BCUT2D eigenvalue weighted by atomic mass is 16.2. The van der Waals surface area contributed by atoms with E-state index >= 15 is 0 Å². The minimum atomic E-state index is -0.0770. The van der Waals surface area contributed by atoms with Gasteiger partial charge in [-0.25, -0.2) is 4.98 Å². The van der Waals surface area contributed by atoms with Gasteiger partial charge in [0.05, 0.1) is 5.92 Å². The van der Waals surface area contributed by atoms with Gasteiger partial charge in [-0.2, -0.15) is 4.98 Å². The first-order valence-corrected chi connectivity index (χ1v) is 11.0. The van der Waals surface area contributed by atoms with E-state index in [0.29, 0.717) is 38.5 Å². The largest absolute Gasteiger partial charge is 0.355 e. The van der Waals surface area contributed by atoms with Crippen LogP contribution in [0.1, 0.15) is 50.6 Å². The number of aryl methyl sites for hydroxylation is 1. The summed E-state index contributed by atoms with van der Waals surface area (Å²) in [5.74, 6) is 1.81. The maximum atomic E-state index is 12.8. The van der Waals surface area contributed by atoms with E-state index in [0.717, 1.165) is 30.5 Å². The number of nitrogens with zero attached hydrogens (tertiary/aromatic N) is 4. The molecule has 1 aromatic rings. The Morgan fingerprint density at radius 2 is 1.86 bits per heavy atom. The van der Waals surface area contributed by atoms with Gasteiger partial charge in [0, 0.05) is 56.9 Å². The predicted molar refractivity (Wildman–Crippen MR) is 112 cm³/mol. The second-order valence-electron chi connectivity index (χ2n) is 8.52. The fraction of sp³-hybridized carbons (Fsp3) is 0.714. The summed E-state index contributed by atoms with van der Waals surface area (Å²) in [6.07, 6.45) is 7.37. The third-order valence-electron chi connectivity index (χ3n) is 6.31. The second kappa shape index (κ2) is 8.97. The summed E-state index contributed by atoms with van der Waals surface area (Å²) < 4.78 is 0. The molecule has 2 aliphatic heterocycles. The number of carbonyl (C=O) groups excluding carboxylic acids is 2. The van der Waals surface area contributed by atoms with Crippen LogP contribution in [0.5, 0.6) is 0 Å². The highest BCUT2D eigenvalue weighted by Crippen LogP contribution is 2.23. The molecule has 2 saturated heterocycles. The molecule has 3 heterocycles. The Balaban J connectivity index is 1.34. The van der Waals surface area contributed by atoms with E-state index in [1.165, 1.54) is 32.1 Å². The van der Waals surface area contributed by atoms with Crippen LogP contribution in [-0.2, 0) is 9.59 Å². The van der Waals surface area contributed by atoms with Crippen LogP contribution in [0.3, 0.4) is 0 Å². The van der Waals surface area contributed by atoms with Crippen LogP contribution in [0.4, 0.5) is 11.8 Å². The Morgan fingerprint density at radius 3 is 2.55 bits per heavy atom. The lowest BCUT2D eigenvalue weighted by atomic mass is 9.96. The molecule has 0 bridgehead atoms. The first-order chi connectivity index (χ1) is 14.1. The van der Waals surface area contributed by atoms with Crippen LogP contribution in [0, 0.1) is 12.8 Å². The number of aromatic nitrogens is 2. The standard InChI is InChI=1S/C21H32N6O2/c1-15-13-18(25-21(23-15)24-17-5-3-2-4-6-17)26-9-11-27(12-10-26)20(29)16-7-8-19(28)22-14-16/h13,16-17H,2-12,14H2,1H3,(H,22,28)(H,23,24,25). The number of carbonyl (C=O) groups is 2. The number of amides is 2. The normalized spacial score (nSPS) is 23.6. The molecule has 0 aromatic carbocycles. The molecule has 1 aromatic heterocycles. The van der Waals surface area contributed by atoms with Crippen molar-refractivity contribution in [2.24, 2.45) is 5.92 Å². The van der Waals surface area contributed by atoms with E-state index in [-0.39, 0.29) is 17.7 Å². The maximum absolute atomic E-state index is 12.8. The van der Waals surface area contributed by atoms with Crippen LogP contribution >= 0.6 is 0 Å². The summed E-state index contributed by atoms with van der Waals surface area (Å²) in [5, 5.41) is 6.34. The molecule has 4 rings (SSSR count). The average Bonchev–Trinajstić information content (AvgIpc) is 2.74. The van der Waals surface area contributed by atoms with Gasteiger partial charge in [-0.1, -0.05) is 19.3 Å². The number of hydrogen-bond acceptors (Lipinski definition) is 6. The summed E-state index contributed by atoms with van der Waals surface area (Å²) in [7, 11) is 0. The van der Waals surface area contributed by atoms with Crippen molar-refractivity contribution >= 4 is 23.6 Å². The molecule has 3 aliphatic rings. The Morgan fingerprint density at radius 1 is 1.10 bits per heavy atom. The lowest BCUT2D eigenvalue weighted by Gasteiger charge is -2.37. The van der Waals surface area contributed by atoms with E-state index < -0.39 is 0 Å². The molecule has 1 atom stereocenters. The second-order valence-corrected chi connectivity index (χ2v) is 8.52. The monoisotopic (exact) mass is 400 g/mol. The quantitative estimate of drug-likeness (QED) is 0.800. The number of nitrogens with one attached hydrogen (secondary N) is 2. The van der Waals surface area contributed by atoms with Crippen LogP contribution in [0.2, 0.25) is 0 Å². The first-order valence-electron chi connectivity index (χ1n) is 11.0. The van der Waals surface area contributed by atoms with E-state index in [2.05, 4.69) is 20.5 Å². The molecule has 2 N–H and O–H groups in total. The maximum Gasteiger partial charge on any atom is 0.227 e. The van der Waals surface area contributed by atoms with Crippen molar-refractivity contribution in [2.45, 2.75) is 57.9 Å². The molecular weight excluding hydrogens is 368 g/mol. The van der Waals surface area contributed by atoms with Crippen molar-refractivity contribution in [1.82, 2.24) is 20.2 Å². The Hall–Kier alpha value is -2.38. The number of piperazine rings is 1. The summed E-state index contributed by atoms with van der Waals surface area (Å²) in [6.45, 7) is 5.40. The fourth-order valence-electron chi connectivity index (χ4n) is 4.57. The topological polar surface area (TPSA) is 90.5 Å². The Labute approximate surface area is 172 Å². The predicted octanol–water partition coefficient (Wildman–Crippen LogP) is 1.70. The van der Waals surface area contributed by atoms with Gasteiger partial charge in [-0.3, -0.25) is 9.59 Å². The van der Waals surface area contributed by atoms with Gasteiger partial charge in [0.15, 0.2) is 0 Å². The molecule has 1 saturated carbocycles. The third-order valence-corrected chi connectivity index (χ3v) is 6.31. The van der Waals surface area contributed by atoms with Gasteiger partial charge >= 0.3 is 0 Å². The van der Waals surface area contributed by atoms with Gasteiger partial charge in [-0.15, -0.1) is 0 Å². The molecular formula is C21H32N6O2. The van der Waals surface area contributed by atoms with Crippen LogP contribution in [0.15, 0.2) is 6.07 Å². The van der Waals surface area contributed by atoms with Crippen LogP contribution in [0.25, 0.3) is 0 Å². The van der Waals surface area contributed by atoms with Gasteiger partial charge in [0.1, 0.15) is 5.82 Å².